The SMILES string of the molecule is COCC(Br)CNC(=O)c1ccc(Br)cc1Br. The highest BCUT2D eigenvalue weighted by Gasteiger charge is 2.11. The maximum atomic E-state index is 11.9. The molecule has 1 N–H and O–H groups in total. The van der Waals surface area contributed by atoms with Crippen LogP contribution in [0.5, 0.6) is 0 Å². The molecule has 0 heterocycles. The maximum absolute atomic E-state index is 11.9. The molecule has 1 unspecified atom stereocenters. The number of halogens is 3. The molecule has 6 heteroatoms. The van der Waals surface area contributed by atoms with Crippen molar-refractivity contribution in [2.45, 2.75) is 4.83 Å². The molecule has 1 amide bonds. The fourth-order valence-electron chi connectivity index (χ4n) is 1.21. The van der Waals surface area contributed by atoms with E-state index in [9.17, 15) is 4.79 Å². The van der Waals surface area contributed by atoms with E-state index in [-0.39, 0.29) is 10.7 Å². The number of rotatable bonds is 5. The Hall–Kier alpha value is 0.0900. The zero-order valence-electron chi connectivity index (χ0n) is 9.17. The lowest BCUT2D eigenvalue weighted by Gasteiger charge is -2.11. The van der Waals surface area contributed by atoms with E-state index in [4.69, 9.17) is 4.74 Å². The lowest BCUT2D eigenvalue weighted by molar-refractivity contribution is 0.0949. The third kappa shape index (κ3) is 5.07. The maximum Gasteiger partial charge on any atom is 0.252 e. The second-order valence-corrected chi connectivity index (χ2v) is 6.45. The van der Waals surface area contributed by atoms with Crippen LogP contribution in [-0.4, -0.2) is 31.0 Å². The summed E-state index contributed by atoms with van der Waals surface area (Å²) in [6.45, 7) is 1.08. The summed E-state index contributed by atoms with van der Waals surface area (Å²) in [5.41, 5.74) is 0.616. The molecule has 0 radical (unpaired) electrons. The minimum atomic E-state index is -0.107. The monoisotopic (exact) mass is 427 g/mol. The van der Waals surface area contributed by atoms with Crippen molar-refractivity contribution >= 4 is 53.7 Å². The zero-order valence-corrected chi connectivity index (χ0v) is 13.9. The standard InChI is InChI=1S/C11H12Br3NO2/c1-17-6-8(13)5-15-11(16)9-3-2-7(12)4-10(9)14/h2-4,8H,5-6H2,1H3,(H,15,16). The van der Waals surface area contributed by atoms with E-state index < -0.39 is 0 Å². The molecule has 0 aliphatic rings. The van der Waals surface area contributed by atoms with Crippen LogP contribution in [0.3, 0.4) is 0 Å². The number of hydrogen-bond acceptors (Lipinski definition) is 2. The number of amides is 1. The van der Waals surface area contributed by atoms with Crippen LogP contribution in [0.15, 0.2) is 27.1 Å². The highest BCUT2D eigenvalue weighted by Crippen LogP contribution is 2.21. The predicted octanol–water partition coefficient (Wildman–Crippen LogP) is 3.35. The molecule has 0 saturated carbocycles. The fourth-order valence-corrected chi connectivity index (χ4v) is 2.87. The van der Waals surface area contributed by atoms with Gasteiger partial charge < -0.3 is 10.1 Å². The molecule has 0 aliphatic heterocycles. The van der Waals surface area contributed by atoms with Crippen molar-refractivity contribution in [1.82, 2.24) is 5.32 Å². The topological polar surface area (TPSA) is 38.3 Å². The van der Waals surface area contributed by atoms with Crippen LogP contribution in [0, 0.1) is 0 Å². The van der Waals surface area contributed by atoms with Crippen LogP contribution in [0.2, 0.25) is 0 Å². The van der Waals surface area contributed by atoms with E-state index in [1.807, 2.05) is 12.1 Å². The Morgan fingerprint density at radius 3 is 2.76 bits per heavy atom. The Balaban J connectivity index is 2.58. The first-order chi connectivity index (χ1) is 8.04. The molecule has 3 nitrogen and oxygen atoms in total. The summed E-state index contributed by atoms with van der Waals surface area (Å²) in [5, 5.41) is 2.83. The van der Waals surface area contributed by atoms with Crippen LogP contribution >= 0.6 is 47.8 Å². The predicted molar refractivity (Wildman–Crippen MR) is 78.8 cm³/mol. The zero-order chi connectivity index (χ0) is 12.8. The van der Waals surface area contributed by atoms with E-state index in [0.29, 0.717) is 18.7 Å². The van der Waals surface area contributed by atoms with Crippen LogP contribution in [0.1, 0.15) is 10.4 Å². The lowest BCUT2D eigenvalue weighted by Crippen LogP contribution is -2.31. The van der Waals surface area contributed by atoms with Gasteiger partial charge >= 0.3 is 0 Å². The summed E-state index contributed by atoms with van der Waals surface area (Å²) in [5.74, 6) is -0.107. The van der Waals surface area contributed by atoms with Crippen molar-refractivity contribution in [3.8, 4) is 0 Å². The molecule has 0 aliphatic carbocycles. The molecule has 0 fully saturated rings. The van der Waals surface area contributed by atoms with Crippen LogP contribution in [0.4, 0.5) is 0 Å². The molecular weight excluding hydrogens is 418 g/mol. The minimum absolute atomic E-state index is 0.107. The Bertz CT molecular complexity index is 398. The van der Waals surface area contributed by atoms with Gasteiger partial charge in [0.15, 0.2) is 0 Å². The van der Waals surface area contributed by atoms with E-state index in [2.05, 4.69) is 53.1 Å². The normalized spacial score (nSPS) is 12.2. The number of benzene rings is 1. The van der Waals surface area contributed by atoms with Crippen molar-refractivity contribution in [1.29, 1.82) is 0 Å². The molecular formula is C11H12Br3NO2. The molecule has 1 aromatic carbocycles. The number of hydrogen-bond donors (Lipinski definition) is 1. The summed E-state index contributed by atoms with van der Waals surface area (Å²) in [6.07, 6.45) is 0. The third-order valence-electron chi connectivity index (χ3n) is 2.01. The molecule has 1 atom stereocenters. The van der Waals surface area contributed by atoms with Crippen LogP contribution in [0.25, 0.3) is 0 Å². The number of carbonyl (C=O) groups excluding carboxylic acids is 1. The van der Waals surface area contributed by atoms with Gasteiger partial charge in [-0.25, -0.2) is 0 Å². The van der Waals surface area contributed by atoms with Gasteiger partial charge in [0.2, 0.25) is 0 Å². The molecule has 94 valence electrons. The van der Waals surface area contributed by atoms with E-state index >= 15 is 0 Å². The van der Waals surface area contributed by atoms with E-state index in [1.165, 1.54) is 0 Å². The van der Waals surface area contributed by atoms with Gasteiger partial charge in [-0.2, -0.15) is 0 Å². The van der Waals surface area contributed by atoms with Gasteiger partial charge in [-0.1, -0.05) is 31.9 Å². The average Bonchev–Trinajstić information content (AvgIpc) is 2.26. The summed E-state index contributed by atoms with van der Waals surface area (Å²) >= 11 is 10.1. The summed E-state index contributed by atoms with van der Waals surface area (Å²) in [6, 6.07) is 5.44. The quantitative estimate of drug-likeness (QED) is 0.729. The molecule has 1 aromatic rings. The van der Waals surface area contributed by atoms with Gasteiger partial charge in [-0.05, 0) is 34.1 Å². The highest BCUT2D eigenvalue weighted by molar-refractivity contribution is 9.11. The molecule has 1 rings (SSSR count). The number of carbonyl (C=O) groups is 1. The van der Waals surface area contributed by atoms with Gasteiger partial charge in [-0.3, -0.25) is 4.79 Å². The van der Waals surface area contributed by atoms with Gasteiger partial charge in [-0.15, -0.1) is 0 Å². The van der Waals surface area contributed by atoms with Crippen molar-refractivity contribution in [3.05, 3.63) is 32.7 Å². The second-order valence-electron chi connectivity index (χ2n) is 3.39. The van der Waals surface area contributed by atoms with Gasteiger partial charge in [0.05, 0.1) is 17.0 Å². The first kappa shape index (κ1) is 15.1. The molecule has 0 aromatic heterocycles. The molecule has 17 heavy (non-hydrogen) atoms. The second kappa shape index (κ2) is 7.51. The Labute approximate surface area is 126 Å². The first-order valence-corrected chi connectivity index (χ1v) is 7.41. The van der Waals surface area contributed by atoms with Crippen LogP contribution < -0.4 is 5.32 Å². The number of nitrogens with one attached hydrogen (secondary N) is 1. The van der Waals surface area contributed by atoms with Crippen molar-refractivity contribution in [2.24, 2.45) is 0 Å². The number of ether oxygens (including phenoxy) is 1. The van der Waals surface area contributed by atoms with E-state index in [1.54, 1.807) is 13.2 Å². The van der Waals surface area contributed by atoms with Crippen molar-refractivity contribution in [3.63, 3.8) is 0 Å². The largest absolute Gasteiger partial charge is 0.383 e. The number of methoxy groups -OCH3 is 1. The summed E-state index contributed by atoms with van der Waals surface area (Å²) < 4.78 is 6.66. The third-order valence-corrected chi connectivity index (χ3v) is 3.74. The highest BCUT2D eigenvalue weighted by atomic mass is 79.9. The number of alkyl halides is 1. The molecule has 0 saturated heterocycles. The van der Waals surface area contributed by atoms with Crippen molar-refractivity contribution in [2.75, 3.05) is 20.3 Å². The molecule has 0 spiro atoms. The first-order valence-electron chi connectivity index (χ1n) is 4.91. The van der Waals surface area contributed by atoms with Crippen LogP contribution in [-0.2, 0) is 4.74 Å². The fraction of sp³-hybridized carbons (Fsp3) is 0.364. The Morgan fingerprint density at radius 2 is 2.18 bits per heavy atom. The Morgan fingerprint density at radius 1 is 1.47 bits per heavy atom. The van der Waals surface area contributed by atoms with Gasteiger partial charge in [0.25, 0.3) is 5.91 Å². The summed E-state index contributed by atoms with van der Waals surface area (Å²) in [4.78, 5) is 12.0. The molecule has 0 bridgehead atoms. The van der Waals surface area contributed by atoms with E-state index in [0.717, 1.165) is 8.95 Å². The Kier molecular flexibility index (Phi) is 6.69. The average molecular weight is 430 g/mol. The van der Waals surface area contributed by atoms with Gasteiger partial charge in [0.1, 0.15) is 0 Å². The summed E-state index contributed by atoms with van der Waals surface area (Å²) in [7, 11) is 1.63. The van der Waals surface area contributed by atoms with Gasteiger partial charge in [0, 0.05) is 22.6 Å². The lowest BCUT2D eigenvalue weighted by atomic mass is 10.2. The minimum Gasteiger partial charge on any atom is -0.383 e. The smallest absolute Gasteiger partial charge is 0.252 e. The van der Waals surface area contributed by atoms with Crippen molar-refractivity contribution < 1.29 is 9.53 Å².